The molecule has 90 valence electrons. The van der Waals surface area contributed by atoms with Crippen LogP contribution < -0.4 is 0 Å². The van der Waals surface area contributed by atoms with Crippen LogP contribution in [-0.4, -0.2) is 11.1 Å². The molecule has 0 fully saturated rings. The smallest absolute Gasteiger partial charge is 0.338 e. The third kappa shape index (κ3) is 3.92. The molecule has 0 radical (unpaired) electrons. The Balaban J connectivity index is 2.87. The molecule has 1 N–H and O–H groups in total. The van der Waals surface area contributed by atoms with E-state index in [-0.39, 0.29) is 11.5 Å². The monoisotopic (exact) mass is 234 g/mol. The Morgan fingerprint density at radius 2 is 2.24 bits per heavy atom. The zero-order chi connectivity index (χ0) is 12.8. The van der Waals surface area contributed by atoms with Gasteiger partial charge >= 0.3 is 5.97 Å². The fraction of sp³-hybridized carbons (Fsp3) is 0.357. The van der Waals surface area contributed by atoms with Crippen molar-refractivity contribution in [2.45, 2.75) is 26.7 Å². The predicted molar refractivity (Wildman–Crippen MR) is 64.3 cm³/mol. The summed E-state index contributed by atoms with van der Waals surface area (Å²) in [6, 6.07) is 3.93. The lowest BCUT2D eigenvalue weighted by Crippen LogP contribution is -2.00. The summed E-state index contributed by atoms with van der Waals surface area (Å²) in [4.78, 5) is 10.6. The SMILES string of the molecule is CCCC(C)C#Cc1ccc(C(=O)O)c(F)c1. The summed E-state index contributed by atoms with van der Waals surface area (Å²) in [5.41, 5.74) is 0.188. The van der Waals surface area contributed by atoms with Gasteiger partial charge in [0.25, 0.3) is 0 Å². The molecule has 1 atom stereocenters. The van der Waals surface area contributed by atoms with E-state index in [1.165, 1.54) is 12.1 Å². The molecule has 3 heteroatoms. The molecule has 0 bridgehead atoms. The first-order valence-corrected chi connectivity index (χ1v) is 5.59. The highest BCUT2D eigenvalue weighted by Crippen LogP contribution is 2.10. The number of hydrogen-bond donors (Lipinski definition) is 1. The van der Waals surface area contributed by atoms with E-state index in [0.29, 0.717) is 5.56 Å². The Hall–Kier alpha value is -1.82. The molecule has 0 aliphatic heterocycles. The highest BCUT2D eigenvalue weighted by molar-refractivity contribution is 5.88. The van der Waals surface area contributed by atoms with Gasteiger partial charge < -0.3 is 5.11 Å². The minimum absolute atomic E-state index is 0.266. The van der Waals surface area contributed by atoms with Gasteiger partial charge in [-0.25, -0.2) is 9.18 Å². The summed E-state index contributed by atoms with van der Waals surface area (Å²) >= 11 is 0. The van der Waals surface area contributed by atoms with Crippen molar-refractivity contribution in [1.82, 2.24) is 0 Å². The van der Waals surface area contributed by atoms with Crippen LogP contribution in [0.15, 0.2) is 18.2 Å². The number of hydrogen-bond acceptors (Lipinski definition) is 1. The van der Waals surface area contributed by atoms with Crippen molar-refractivity contribution in [2.75, 3.05) is 0 Å². The molecular formula is C14H15FO2. The molecule has 0 aliphatic rings. The number of rotatable bonds is 3. The van der Waals surface area contributed by atoms with Crippen molar-refractivity contribution in [1.29, 1.82) is 0 Å². The van der Waals surface area contributed by atoms with Gasteiger partial charge in [0.1, 0.15) is 5.82 Å². The van der Waals surface area contributed by atoms with Gasteiger partial charge in [0.15, 0.2) is 0 Å². The maximum atomic E-state index is 13.3. The van der Waals surface area contributed by atoms with Crippen LogP contribution in [0, 0.1) is 23.6 Å². The van der Waals surface area contributed by atoms with Crippen LogP contribution in [0.2, 0.25) is 0 Å². The largest absolute Gasteiger partial charge is 0.478 e. The van der Waals surface area contributed by atoms with E-state index >= 15 is 0 Å². The number of carboxylic acids is 1. The summed E-state index contributed by atoms with van der Waals surface area (Å²) < 4.78 is 13.3. The van der Waals surface area contributed by atoms with E-state index < -0.39 is 11.8 Å². The van der Waals surface area contributed by atoms with Gasteiger partial charge in [-0.3, -0.25) is 0 Å². The molecule has 2 nitrogen and oxygen atoms in total. The molecule has 17 heavy (non-hydrogen) atoms. The zero-order valence-electron chi connectivity index (χ0n) is 9.96. The normalized spacial score (nSPS) is 11.5. The third-order valence-electron chi connectivity index (χ3n) is 2.38. The first kappa shape index (κ1) is 13.2. The lowest BCUT2D eigenvalue weighted by atomic mass is 10.1. The minimum Gasteiger partial charge on any atom is -0.478 e. The molecular weight excluding hydrogens is 219 g/mol. The second-order valence-electron chi connectivity index (χ2n) is 3.96. The summed E-state index contributed by atoms with van der Waals surface area (Å²) in [7, 11) is 0. The molecule has 0 aliphatic carbocycles. The Morgan fingerprint density at radius 3 is 2.76 bits per heavy atom. The molecule has 0 saturated heterocycles. The van der Waals surface area contributed by atoms with E-state index in [9.17, 15) is 9.18 Å². The Kier molecular flexibility index (Phi) is 4.71. The van der Waals surface area contributed by atoms with Crippen LogP contribution in [0.25, 0.3) is 0 Å². The lowest BCUT2D eigenvalue weighted by molar-refractivity contribution is 0.0692. The summed E-state index contributed by atoms with van der Waals surface area (Å²) in [6.45, 7) is 4.10. The second kappa shape index (κ2) is 6.05. The van der Waals surface area contributed by atoms with E-state index in [0.717, 1.165) is 18.9 Å². The van der Waals surface area contributed by atoms with Crippen LogP contribution in [0.1, 0.15) is 42.6 Å². The third-order valence-corrected chi connectivity index (χ3v) is 2.38. The molecule has 0 aromatic heterocycles. The van der Waals surface area contributed by atoms with Crippen molar-refractivity contribution in [3.63, 3.8) is 0 Å². The molecule has 0 amide bonds. The van der Waals surface area contributed by atoms with E-state index in [4.69, 9.17) is 5.11 Å². The predicted octanol–water partition coefficient (Wildman–Crippen LogP) is 3.31. The Bertz CT molecular complexity index is 469. The van der Waals surface area contributed by atoms with Crippen molar-refractivity contribution in [2.24, 2.45) is 5.92 Å². The van der Waals surface area contributed by atoms with Gasteiger partial charge in [-0.1, -0.05) is 32.1 Å². The average molecular weight is 234 g/mol. The van der Waals surface area contributed by atoms with Gasteiger partial charge in [0.05, 0.1) is 5.56 Å². The Morgan fingerprint density at radius 1 is 1.53 bits per heavy atom. The van der Waals surface area contributed by atoms with Crippen LogP contribution in [-0.2, 0) is 0 Å². The van der Waals surface area contributed by atoms with Crippen molar-refractivity contribution in [3.05, 3.63) is 35.1 Å². The molecule has 1 rings (SSSR count). The van der Waals surface area contributed by atoms with Crippen molar-refractivity contribution in [3.8, 4) is 11.8 Å². The van der Waals surface area contributed by atoms with Crippen LogP contribution in [0.5, 0.6) is 0 Å². The molecule has 1 unspecified atom stereocenters. The summed E-state index contributed by atoms with van der Waals surface area (Å²) in [6.07, 6.45) is 2.06. The number of halogens is 1. The number of aromatic carboxylic acids is 1. The van der Waals surface area contributed by atoms with Crippen LogP contribution in [0.4, 0.5) is 4.39 Å². The van der Waals surface area contributed by atoms with Crippen LogP contribution in [0.3, 0.4) is 0 Å². The molecule has 1 aromatic carbocycles. The van der Waals surface area contributed by atoms with E-state index in [2.05, 4.69) is 18.8 Å². The molecule has 0 saturated carbocycles. The summed E-state index contributed by atoms with van der Waals surface area (Å²) in [5.74, 6) is 4.13. The highest BCUT2D eigenvalue weighted by atomic mass is 19.1. The van der Waals surface area contributed by atoms with Crippen molar-refractivity contribution < 1.29 is 14.3 Å². The standard InChI is InChI=1S/C14H15FO2/c1-3-4-10(2)5-6-11-7-8-12(14(16)17)13(15)9-11/h7-10H,3-4H2,1-2H3,(H,16,17). The Labute approximate surface area is 100 Å². The van der Waals surface area contributed by atoms with Gasteiger partial charge in [0.2, 0.25) is 0 Å². The molecule has 0 heterocycles. The maximum absolute atomic E-state index is 13.3. The molecule has 1 aromatic rings. The topological polar surface area (TPSA) is 37.3 Å². The van der Waals surface area contributed by atoms with E-state index in [1.54, 1.807) is 0 Å². The maximum Gasteiger partial charge on any atom is 0.338 e. The highest BCUT2D eigenvalue weighted by Gasteiger charge is 2.09. The number of benzene rings is 1. The lowest BCUT2D eigenvalue weighted by Gasteiger charge is -1.99. The van der Waals surface area contributed by atoms with Crippen LogP contribution >= 0.6 is 0 Å². The fourth-order valence-corrected chi connectivity index (χ4v) is 1.48. The van der Waals surface area contributed by atoms with Crippen molar-refractivity contribution >= 4 is 5.97 Å². The van der Waals surface area contributed by atoms with Gasteiger partial charge in [-0.05, 0) is 24.6 Å². The second-order valence-corrected chi connectivity index (χ2v) is 3.96. The first-order chi connectivity index (χ1) is 8.04. The van der Waals surface area contributed by atoms with Gasteiger partial charge in [0, 0.05) is 11.5 Å². The molecule has 0 spiro atoms. The quantitative estimate of drug-likeness (QED) is 0.815. The van der Waals surface area contributed by atoms with E-state index in [1.807, 2.05) is 6.92 Å². The minimum atomic E-state index is -1.26. The summed E-state index contributed by atoms with van der Waals surface area (Å²) in [5, 5.41) is 8.67. The average Bonchev–Trinajstić information content (AvgIpc) is 2.26. The fourth-order valence-electron chi connectivity index (χ4n) is 1.48. The number of carboxylic acid groups (broad SMARTS) is 1. The van der Waals surface area contributed by atoms with Gasteiger partial charge in [-0.15, -0.1) is 0 Å². The number of carbonyl (C=O) groups is 1. The van der Waals surface area contributed by atoms with Gasteiger partial charge in [-0.2, -0.15) is 0 Å². The first-order valence-electron chi connectivity index (χ1n) is 5.59. The zero-order valence-corrected chi connectivity index (χ0v) is 9.96.